The van der Waals surface area contributed by atoms with Crippen LogP contribution in [0.1, 0.15) is 54.5 Å². The number of carbonyl (C=O) groups is 1. The van der Waals surface area contributed by atoms with E-state index in [2.05, 4.69) is 15.1 Å². The average Bonchev–Trinajstić information content (AvgIpc) is 2.73. The average molecular weight is 437 g/mol. The Labute approximate surface area is 189 Å². The molecule has 0 saturated heterocycles. The topological polar surface area (TPSA) is 87.0 Å². The number of hydrogen-bond donors (Lipinski definition) is 0. The zero-order chi connectivity index (χ0) is 23.9. The highest BCUT2D eigenvalue weighted by Crippen LogP contribution is 2.27. The fourth-order valence-electron chi connectivity index (χ4n) is 2.78. The van der Waals surface area contributed by atoms with E-state index >= 15 is 0 Å². The second-order valence-electron chi connectivity index (χ2n) is 8.95. The quantitative estimate of drug-likeness (QED) is 0.539. The molecular formula is C25H32N4O3. The SMILES string of the molecule is CC(C)C(=O)OC(C)(C)C.CC(C)n1ncc(-c2cccnc2)c(-c2cccnc2)c1=O. The maximum absolute atomic E-state index is 12.9. The third-order valence-corrected chi connectivity index (χ3v) is 4.29. The van der Waals surface area contributed by atoms with E-state index in [1.807, 2.05) is 72.7 Å². The third-order valence-electron chi connectivity index (χ3n) is 4.29. The molecule has 0 spiro atoms. The minimum absolute atomic E-state index is 0.00845. The van der Waals surface area contributed by atoms with Crippen LogP contribution in [0.5, 0.6) is 0 Å². The summed E-state index contributed by atoms with van der Waals surface area (Å²) in [6.45, 7) is 13.1. The summed E-state index contributed by atoms with van der Waals surface area (Å²) >= 11 is 0. The molecule has 170 valence electrons. The van der Waals surface area contributed by atoms with Gasteiger partial charge in [0.1, 0.15) is 5.60 Å². The van der Waals surface area contributed by atoms with Crippen molar-refractivity contribution in [1.29, 1.82) is 0 Å². The van der Waals surface area contributed by atoms with Gasteiger partial charge in [0.2, 0.25) is 0 Å². The molecule has 3 aromatic rings. The van der Waals surface area contributed by atoms with Crippen LogP contribution in [-0.4, -0.2) is 31.3 Å². The summed E-state index contributed by atoms with van der Waals surface area (Å²) in [5.74, 6) is -0.160. The van der Waals surface area contributed by atoms with Gasteiger partial charge >= 0.3 is 5.97 Å². The summed E-state index contributed by atoms with van der Waals surface area (Å²) in [7, 11) is 0. The van der Waals surface area contributed by atoms with Gasteiger partial charge in [0.05, 0.1) is 23.7 Å². The first kappa shape index (κ1) is 24.9. The Hall–Kier alpha value is -3.35. The molecule has 0 aliphatic rings. The highest BCUT2D eigenvalue weighted by atomic mass is 16.6. The van der Waals surface area contributed by atoms with Crippen molar-refractivity contribution >= 4 is 5.97 Å². The van der Waals surface area contributed by atoms with Gasteiger partial charge in [-0.3, -0.25) is 19.6 Å². The molecule has 0 fully saturated rings. The monoisotopic (exact) mass is 436 g/mol. The Bertz CT molecular complexity index is 1070. The Morgan fingerprint density at radius 1 is 0.938 bits per heavy atom. The first-order valence-electron chi connectivity index (χ1n) is 10.7. The molecule has 0 aliphatic carbocycles. The summed E-state index contributed by atoms with van der Waals surface area (Å²) < 4.78 is 6.55. The second-order valence-corrected chi connectivity index (χ2v) is 8.95. The minimum Gasteiger partial charge on any atom is -0.460 e. The van der Waals surface area contributed by atoms with Crippen LogP contribution in [0, 0.1) is 5.92 Å². The zero-order valence-electron chi connectivity index (χ0n) is 19.9. The minimum atomic E-state index is -0.346. The van der Waals surface area contributed by atoms with Crippen molar-refractivity contribution in [3.63, 3.8) is 0 Å². The van der Waals surface area contributed by atoms with Crippen LogP contribution in [0.25, 0.3) is 22.3 Å². The number of nitrogens with zero attached hydrogens (tertiary/aromatic N) is 4. The fraction of sp³-hybridized carbons (Fsp3) is 0.400. The molecule has 0 N–H and O–H groups in total. The predicted molar refractivity (Wildman–Crippen MR) is 126 cm³/mol. The number of hydrogen-bond acceptors (Lipinski definition) is 6. The van der Waals surface area contributed by atoms with E-state index in [0.717, 1.165) is 16.7 Å². The lowest BCUT2D eigenvalue weighted by molar-refractivity contribution is -0.158. The number of rotatable bonds is 4. The summed E-state index contributed by atoms with van der Waals surface area (Å²) in [5.41, 5.74) is 2.55. The van der Waals surface area contributed by atoms with Crippen LogP contribution in [0.4, 0.5) is 0 Å². The van der Waals surface area contributed by atoms with Crippen LogP contribution in [0.15, 0.2) is 60.0 Å². The fourth-order valence-corrected chi connectivity index (χ4v) is 2.78. The van der Waals surface area contributed by atoms with Gasteiger partial charge in [0.25, 0.3) is 5.56 Å². The highest BCUT2D eigenvalue weighted by Gasteiger charge is 2.18. The van der Waals surface area contributed by atoms with Crippen molar-refractivity contribution in [2.75, 3.05) is 0 Å². The van der Waals surface area contributed by atoms with Crippen molar-refractivity contribution in [3.05, 3.63) is 65.6 Å². The molecule has 3 rings (SSSR count). The van der Waals surface area contributed by atoms with Gasteiger partial charge in [-0.1, -0.05) is 26.0 Å². The van der Waals surface area contributed by atoms with Crippen molar-refractivity contribution in [2.45, 2.75) is 60.1 Å². The maximum Gasteiger partial charge on any atom is 0.308 e. The molecule has 0 aliphatic heterocycles. The largest absolute Gasteiger partial charge is 0.460 e. The normalized spacial score (nSPS) is 11.2. The predicted octanol–water partition coefficient (Wildman–Crippen LogP) is 4.93. The van der Waals surface area contributed by atoms with E-state index in [1.165, 1.54) is 4.68 Å². The number of esters is 1. The van der Waals surface area contributed by atoms with Crippen LogP contribution in [0.2, 0.25) is 0 Å². The van der Waals surface area contributed by atoms with E-state index in [1.54, 1.807) is 31.0 Å². The van der Waals surface area contributed by atoms with E-state index in [4.69, 9.17) is 4.74 Å². The van der Waals surface area contributed by atoms with E-state index in [9.17, 15) is 9.59 Å². The van der Waals surface area contributed by atoms with Crippen LogP contribution in [0.3, 0.4) is 0 Å². The molecule has 7 heteroatoms. The molecule has 32 heavy (non-hydrogen) atoms. The van der Waals surface area contributed by atoms with Crippen LogP contribution in [-0.2, 0) is 9.53 Å². The van der Waals surface area contributed by atoms with Gasteiger partial charge in [-0.05, 0) is 46.8 Å². The molecule has 0 amide bonds. The second kappa shape index (κ2) is 10.8. The number of carbonyl (C=O) groups excluding carboxylic acids is 1. The number of aromatic nitrogens is 4. The van der Waals surface area contributed by atoms with Gasteiger partial charge < -0.3 is 4.74 Å². The standard InChI is InChI=1S/C17H16N4O.C8H16O2/c1-12(2)21-17(22)16(14-6-4-8-19-10-14)15(11-20-21)13-5-3-7-18-9-13;1-6(2)7(9)10-8(3,4)5/h3-12H,1-2H3;6H,1-5H3. The molecule has 3 heterocycles. The van der Waals surface area contributed by atoms with Gasteiger partial charge in [0.15, 0.2) is 0 Å². The Kier molecular flexibility index (Phi) is 8.41. The smallest absolute Gasteiger partial charge is 0.308 e. The van der Waals surface area contributed by atoms with E-state index < -0.39 is 0 Å². The van der Waals surface area contributed by atoms with Crippen LogP contribution < -0.4 is 5.56 Å². The zero-order valence-corrected chi connectivity index (χ0v) is 19.9. The van der Waals surface area contributed by atoms with E-state index in [0.29, 0.717) is 5.56 Å². The van der Waals surface area contributed by atoms with Gasteiger partial charge in [-0.2, -0.15) is 5.10 Å². The molecule has 0 radical (unpaired) electrons. The first-order chi connectivity index (χ1) is 15.0. The lowest BCUT2D eigenvalue weighted by Gasteiger charge is -2.20. The van der Waals surface area contributed by atoms with Crippen molar-refractivity contribution in [2.24, 2.45) is 5.92 Å². The van der Waals surface area contributed by atoms with Crippen molar-refractivity contribution < 1.29 is 9.53 Å². The lowest BCUT2D eigenvalue weighted by Crippen LogP contribution is -2.26. The molecule has 0 aromatic carbocycles. The summed E-state index contributed by atoms with van der Waals surface area (Å²) in [6.07, 6.45) is 8.55. The Morgan fingerprint density at radius 2 is 1.50 bits per heavy atom. The molecule has 3 aromatic heterocycles. The van der Waals surface area contributed by atoms with Gasteiger partial charge in [-0.25, -0.2) is 4.68 Å². The summed E-state index contributed by atoms with van der Waals surface area (Å²) in [6, 6.07) is 7.46. The Morgan fingerprint density at radius 3 is 1.91 bits per heavy atom. The molecular weight excluding hydrogens is 404 g/mol. The summed E-state index contributed by atoms with van der Waals surface area (Å²) in [5, 5.41) is 4.30. The molecule has 0 unspecified atom stereocenters. The highest BCUT2D eigenvalue weighted by molar-refractivity contribution is 5.81. The van der Waals surface area contributed by atoms with E-state index in [-0.39, 0.29) is 29.1 Å². The van der Waals surface area contributed by atoms with Gasteiger partial charge in [-0.15, -0.1) is 0 Å². The maximum atomic E-state index is 12.9. The number of pyridine rings is 2. The molecule has 7 nitrogen and oxygen atoms in total. The molecule has 0 atom stereocenters. The summed E-state index contributed by atoms with van der Waals surface area (Å²) in [4.78, 5) is 32.1. The lowest BCUT2D eigenvalue weighted by atomic mass is 9.99. The van der Waals surface area contributed by atoms with Crippen LogP contribution >= 0.6 is 0 Å². The molecule has 0 bridgehead atoms. The number of ether oxygens (including phenoxy) is 1. The molecule has 0 saturated carbocycles. The third kappa shape index (κ3) is 6.83. The first-order valence-corrected chi connectivity index (χ1v) is 10.7. The Balaban J connectivity index is 0.000000309. The van der Waals surface area contributed by atoms with Crippen molar-refractivity contribution in [3.8, 4) is 22.3 Å². The van der Waals surface area contributed by atoms with Gasteiger partial charge in [0, 0.05) is 41.5 Å². The van der Waals surface area contributed by atoms with Crippen molar-refractivity contribution in [1.82, 2.24) is 19.7 Å².